The molecular weight excluding hydrogens is 240 g/mol. The third kappa shape index (κ3) is 4.68. The van der Waals surface area contributed by atoms with Gasteiger partial charge in [-0.2, -0.15) is 0 Å². The molecule has 2 aliphatic rings. The Bertz CT molecular complexity index is 300. The molecule has 2 rings (SSSR count). The predicted molar refractivity (Wildman–Crippen MR) is 76.2 cm³/mol. The molecule has 1 saturated heterocycles. The zero-order valence-corrected chi connectivity index (χ0v) is 12.6. The second-order valence-corrected chi connectivity index (χ2v) is 6.98. The van der Waals surface area contributed by atoms with Gasteiger partial charge in [0.05, 0.1) is 0 Å². The summed E-state index contributed by atoms with van der Waals surface area (Å²) in [6.45, 7) is 8.39. The molecule has 0 bridgehead atoms. The lowest BCUT2D eigenvalue weighted by molar-refractivity contribution is 0.00527. The zero-order valence-electron chi connectivity index (χ0n) is 12.6. The molecule has 0 aromatic carbocycles. The molecule has 0 unspecified atom stereocenters. The zero-order chi connectivity index (χ0) is 13.9. The Hall–Kier alpha value is -0.770. The minimum Gasteiger partial charge on any atom is -0.444 e. The van der Waals surface area contributed by atoms with E-state index in [0.29, 0.717) is 6.04 Å². The van der Waals surface area contributed by atoms with Crippen molar-refractivity contribution in [3.05, 3.63) is 0 Å². The minimum atomic E-state index is -0.391. The highest BCUT2D eigenvalue weighted by atomic mass is 16.6. The SMILES string of the molecule is CC(C)(C)OC(=O)N1CC(NCCC2CCCC2)C1. The molecule has 110 valence electrons. The van der Waals surface area contributed by atoms with Gasteiger partial charge >= 0.3 is 6.09 Å². The van der Waals surface area contributed by atoms with Crippen molar-refractivity contribution < 1.29 is 9.53 Å². The monoisotopic (exact) mass is 268 g/mol. The molecule has 0 aromatic heterocycles. The van der Waals surface area contributed by atoms with Crippen molar-refractivity contribution in [1.29, 1.82) is 0 Å². The van der Waals surface area contributed by atoms with Gasteiger partial charge in [0.15, 0.2) is 0 Å². The van der Waals surface area contributed by atoms with Crippen LogP contribution < -0.4 is 5.32 Å². The number of hydrogen-bond acceptors (Lipinski definition) is 3. The molecule has 0 radical (unpaired) electrons. The van der Waals surface area contributed by atoms with Crippen LogP contribution in [0.5, 0.6) is 0 Å². The lowest BCUT2D eigenvalue weighted by atomic mass is 10.0. The summed E-state index contributed by atoms with van der Waals surface area (Å²) in [4.78, 5) is 13.5. The van der Waals surface area contributed by atoms with E-state index < -0.39 is 5.60 Å². The molecular formula is C15H28N2O2. The van der Waals surface area contributed by atoms with Crippen molar-refractivity contribution in [1.82, 2.24) is 10.2 Å². The highest BCUT2D eigenvalue weighted by Crippen LogP contribution is 2.27. The number of rotatable bonds is 4. The van der Waals surface area contributed by atoms with Gasteiger partial charge in [0.25, 0.3) is 0 Å². The predicted octanol–water partition coefficient (Wildman–Crippen LogP) is 2.78. The molecule has 19 heavy (non-hydrogen) atoms. The first-order valence-corrected chi connectivity index (χ1v) is 7.65. The third-order valence-corrected chi connectivity index (χ3v) is 3.99. The van der Waals surface area contributed by atoms with Gasteiger partial charge in [0.2, 0.25) is 0 Å². The summed E-state index contributed by atoms with van der Waals surface area (Å²) in [6, 6.07) is 0.467. The molecule has 4 heteroatoms. The highest BCUT2D eigenvalue weighted by Gasteiger charge is 2.33. The number of amides is 1. The fourth-order valence-electron chi connectivity index (χ4n) is 2.87. The van der Waals surface area contributed by atoms with Gasteiger partial charge in [-0.15, -0.1) is 0 Å². The third-order valence-electron chi connectivity index (χ3n) is 3.99. The summed E-state index contributed by atoms with van der Waals surface area (Å²) in [5.41, 5.74) is -0.391. The molecule has 0 spiro atoms. The van der Waals surface area contributed by atoms with Crippen molar-refractivity contribution in [3.8, 4) is 0 Å². The number of hydrogen-bond donors (Lipinski definition) is 1. The van der Waals surface area contributed by atoms with Crippen LogP contribution in [0.2, 0.25) is 0 Å². The molecule has 1 amide bonds. The van der Waals surface area contributed by atoms with Crippen LogP contribution in [-0.2, 0) is 4.74 Å². The van der Waals surface area contributed by atoms with Gasteiger partial charge in [-0.05, 0) is 39.7 Å². The topological polar surface area (TPSA) is 41.6 Å². The molecule has 2 fully saturated rings. The summed E-state index contributed by atoms with van der Waals surface area (Å²) in [7, 11) is 0. The number of ether oxygens (including phenoxy) is 1. The van der Waals surface area contributed by atoms with Gasteiger partial charge in [0.1, 0.15) is 5.60 Å². The Morgan fingerprint density at radius 3 is 2.47 bits per heavy atom. The van der Waals surface area contributed by atoms with E-state index in [1.54, 1.807) is 4.90 Å². The van der Waals surface area contributed by atoms with Gasteiger partial charge in [-0.1, -0.05) is 25.7 Å². The quantitative estimate of drug-likeness (QED) is 0.852. The number of nitrogens with zero attached hydrogens (tertiary/aromatic N) is 1. The minimum absolute atomic E-state index is 0.179. The van der Waals surface area contributed by atoms with Crippen LogP contribution in [-0.4, -0.2) is 42.3 Å². The van der Waals surface area contributed by atoms with Crippen molar-refractivity contribution in [3.63, 3.8) is 0 Å². The fourth-order valence-corrected chi connectivity index (χ4v) is 2.87. The van der Waals surface area contributed by atoms with Gasteiger partial charge in [0, 0.05) is 19.1 Å². The summed E-state index contributed by atoms with van der Waals surface area (Å²) < 4.78 is 5.33. The largest absolute Gasteiger partial charge is 0.444 e. The molecule has 0 aromatic rings. The Labute approximate surface area is 116 Å². The Kier molecular flexibility index (Phi) is 4.71. The average molecular weight is 268 g/mol. The maximum absolute atomic E-state index is 11.7. The van der Waals surface area contributed by atoms with Gasteiger partial charge in [-0.25, -0.2) is 4.79 Å². The van der Waals surface area contributed by atoms with Crippen molar-refractivity contribution >= 4 is 6.09 Å². The van der Waals surface area contributed by atoms with Crippen LogP contribution in [0.15, 0.2) is 0 Å². The van der Waals surface area contributed by atoms with E-state index in [1.165, 1.54) is 32.1 Å². The van der Waals surface area contributed by atoms with Crippen LogP contribution in [0.25, 0.3) is 0 Å². The number of carbonyl (C=O) groups excluding carboxylic acids is 1. The van der Waals surface area contributed by atoms with E-state index >= 15 is 0 Å². The average Bonchev–Trinajstić information content (AvgIpc) is 2.71. The van der Waals surface area contributed by atoms with Crippen LogP contribution in [0.3, 0.4) is 0 Å². The van der Waals surface area contributed by atoms with E-state index in [9.17, 15) is 4.79 Å². The second-order valence-electron chi connectivity index (χ2n) is 6.98. The smallest absolute Gasteiger partial charge is 0.410 e. The maximum Gasteiger partial charge on any atom is 0.410 e. The number of likely N-dealkylation sites (tertiary alicyclic amines) is 1. The number of carbonyl (C=O) groups is 1. The van der Waals surface area contributed by atoms with Crippen molar-refractivity contribution in [2.45, 2.75) is 64.5 Å². The first kappa shape index (κ1) is 14.6. The molecule has 1 saturated carbocycles. The highest BCUT2D eigenvalue weighted by molar-refractivity contribution is 5.69. The molecule has 1 N–H and O–H groups in total. The van der Waals surface area contributed by atoms with Crippen LogP contribution >= 0.6 is 0 Å². The standard InChI is InChI=1S/C15H28N2O2/c1-15(2,3)19-14(18)17-10-13(11-17)16-9-8-12-6-4-5-7-12/h12-13,16H,4-11H2,1-3H3. The second kappa shape index (κ2) is 6.12. The first-order chi connectivity index (χ1) is 8.94. The molecule has 0 atom stereocenters. The lowest BCUT2D eigenvalue weighted by Gasteiger charge is -2.40. The number of nitrogens with one attached hydrogen (secondary N) is 1. The molecule has 4 nitrogen and oxygen atoms in total. The van der Waals surface area contributed by atoms with Gasteiger partial charge < -0.3 is 15.0 Å². The van der Waals surface area contributed by atoms with E-state index in [4.69, 9.17) is 4.74 Å². The Morgan fingerprint density at radius 1 is 1.26 bits per heavy atom. The van der Waals surface area contributed by atoms with E-state index in [0.717, 1.165) is 25.6 Å². The molecule has 1 aliphatic carbocycles. The Balaban J connectivity index is 1.54. The Morgan fingerprint density at radius 2 is 1.89 bits per heavy atom. The molecule has 1 heterocycles. The van der Waals surface area contributed by atoms with Crippen molar-refractivity contribution in [2.24, 2.45) is 5.92 Å². The van der Waals surface area contributed by atoms with E-state index in [-0.39, 0.29) is 6.09 Å². The summed E-state index contributed by atoms with van der Waals surface area (Å²) in [6.07, 6.45) is 6.78. The van der Waals surface area contributed by atoms with E-state index in [2.05, 4.69) is 5.32 Å². The fraction of sp³-hybridized carbons (Fsp3) is 0.933. The van der Waals surface area contributed by atoms with Crippen LogP contribution in [0, 0.1) is 5.92 Å². The van der Waals surface area contributed by atoms with Crippen LogP contribution in [0.4, 0.5) is 4.79 Å². The van der Waals surface area contributed by atoms with Crippen LogP contribution in [0.1, 0.15) is 52.9 Å². The maximum atomic E-state index is 11.7. The normalized spacial score (nSPS) is 21.5. The lowest BCUT2D eigenvalue weighted by Crippen LogP contribution is -2.60. The van der Waals surface area contributed by atoms with E-state index in [1.807, 2.05) is 20.8 Å². The van der Waals surface area contributed by atoms with Gasteiger partial charge in [-0.3, -0.25) is 0 Å². The summed E-state index contributed by atoms with van der Waals surface area (Å²) >= 11 is 0. The first-order valence-electron chi connectivity index (χ1n) is 7.65. The summed E-state index contributed by atoms with van der Waals surface area (Å²) in [5.74, 6) is 0.939. The van der Waals surface area contributed by atoms with Crippen molar-refractivity contribution in [2.75, 3.05) is 19.6 Å². The molecule has 1 aliphatic heterocycles. The summed E-state index contributed by atoms with van der Waals surface area (Å²) in [5, 5.41) is 3.54.